The number of carbonyl (C=O) groups excluding carboxylic acids is 3. The molecule has 5 atom stereocenters. The van der Waals surface area contributed by atoms with Crippen molar-refractivity contribution >= 4 is 33.6 Å². The lowest BCUT2D eigenvalue weighted by molar-refractivity contribution is -0.161. The molecule has 0 rings (SSSR count). The van der Waals surface area contributed by atoms with Crippen molar-refractivity contribution in [3.63, 3.8) is 0 Å². The summed E-state index contributed by atoms with van der Waals surface area (Å²) in [7, 11) is -9.80. The number of esters is 3. The highest BCUT2D eigenvalue weighted by molar-refractivity contribution is 7.47. The molecule has 18 heteroatoms. The number of unbranched alkanes of at least 4 members (excludes halogenated alkanes) is 35. The second kappa shape index (κ2) is 75.9. The van der Waals surface area contributed by atoms with E-state index in [0.717, 1.165) is 96.3 Å². The molecule has 0 aliphatic heterocycles. The van der Waals surface area contributed by atoms with Crippen LogP contribution in [0, 0.1) is 0 Å². The van der Waals surface area contributed by atoms with E-state index in [-0.39, 0.29) is 19.3 Å². The zero-order valence-electron chi connectivity index (χ0n) is 63.8. The Kier molecular flexibility index (Phi) is 73.0. The Bertz CT molecular complexity index is 2270. The van der Waals surface area contributed by atoms with Crippen LogP contribution in [0.2, 0.25) is 0 Å². The molecule has 584 valence electrons. The van der Waals surface area contributed by atoms with Crippen molar-refractivity contribution in [3.05, 3.63) is 109 Å². The minimum absolute atomic E-state index is 0.0934. The molecule has 0 spiro atoms. The van der Waals surface area contributed by atoms with Crippen molar-refractivity contribution in [3.8, 4) is 0 Å². The van der Waals surface area contributed by atoms with E-state index in [1.54, 1.807) is 0 Å². The van der Waals surface area contributed by atoms with Crippen molar-refractivity contribution in [2.75, 3.05) is 39.6 Å². The molecule has 0 heterocycles. The lowest BCUT2D eigenvalue weighted by Gasteiger charge is -2.21. The number of rotatable bonds is 76. The Hall–Kier alpha value is -3.79. The Morgan fingerprint density at radius 1 is 0.287 bits per heavy atom. The van der Waals surface area contributed by atoms with Crippen LogP contribution in [-0.4, -0.2) is 95.9 Å². The van der Waals surface area contributed by atoms with Crippen LogP contribution in [0.25, 0.3) is 0 Å². The molecular weight excluding hydrogens is 1310 g/mol. The molecule has 0 aromatic rings. The van der Waals surface area contributed by atoms with Gasteiger partial charge in [0.2, 0.25) is 0 Å². The number of carbonyl (C=O) groups is 3. The Morgan fingerprint density at radius 3 is 0.891 bits per heavy atom. The van der Waals surface area contributed by atoms with Crippen LogP contribution in [-0.2, 0) is 55.8 Å². The number of hydrogen-bond donors (Lipinski definition) is 4. The van der Waals surface area contributed by atoms with Crippen molar-refractivity contribution < 1.29 is 75.8 Å². The average Bonchev–Trinajstić information content (AvgIpc) is 0.944. The maximum Gasteiger partial charge on any atom is 0.472 e. The summed E-state index contributed by atoms with van der Waals surface area (Å²) in [5.74, 6) is -1.63. The zero-order valence-corrected chi connectivity index (χ0v) is 65.6. The number of ether oxygens (including phenoxy) is 3. The Balaban J connectivity index is 4.43. The van der Waals surface area contributed by atoms with E-state index >= 15 is 0 Å². The van der Waals surface area contributed by atoms with Gasteiger partial charge in [0, 0.05) is 19.3 Å². The van der Waals surface area contributed by atoms with E-state index < -0.39 is 91.5 Å². The second-order valence-corrected chi connectivity index (χ2v) is 29.8. The molecule has 16 nitrogen and oxygen atoms in total. The number of aliphatic hydroxyl groups excluding tert-OH is 2. The molecule has 0 aliphatic carbocycles. The summed E-state index contributed by atoms with van der Waals surface area (Å²) >= 11 is 0. The molecule has 0 aromatic carbocycles. The predicted octanol–water partition coefficient (Wildman–Crippen LogP) is 23.5. The van der Waals surface area contributed by atoms with Gasteiger partial charge in [0.25, 0.3) is 0 Å². The molecular formula is C83H146O16P2. The van der Waals surface area contributed by atoms with E-state index in [1.807, 2.05) is 12.2 Å². The second-order valence-electron chi connectivity index (χ2n) is 26.8. The fourth-order valence-electron chi connectivity index (χ4n) is 10.9. The quantitative estimate of drug-likeness (QED) is 0.0146. The van der Waals surface area contributed by atoms with Gasteiger partial charge in [-0.3, -0.25) is 32.5 Å². The van der Waals surface area contributed by atoms with Crippen LogP contribution < -0.4 is 0 Å². The van der Waals surface area contributed by atoms with Gasteiger partial charge in [0.15, 0.2) is 6.10 Å². The van der Waals surface area contributed by atoms with Crippen molar-refractivity contribution in [1.82, 2.24) is 0 Å². The molecule has 0 fully saturated rings. The minimum atomic E-state index is -4.94. The summed E-state index contributed by atoms with van der Waals surface area (Å²) in [5, 5.41) is 20.6. The number of allylic oxidation sites excluding steroid dienone is 18. The molecule has 0 amide bonds. The van der Waals surface area contributed by atoms with Gasteiger partial charge in [-0.2, -0.15) is 0 Å². The molecule has 0 aliphatic rings. The first-order valence-corrected chi connectivity index (χ1v) is 43.2. The third-order valence-corrected chi connectivity index (χ3v) is 18.9. The maximum absolute atomic E-state index is 12.9. The van der Waals surface area contributed by atoms with Gasteiger partial charge in [-0.25, -0.2) is 9.13 Å². The molecule has 0 saturated carbocycles. The highest BCUT2D eigenvalue weighted by Gasteiger charge is 2.29. The third kappa shape index (κ3) is 77.1. The van der Waals surface area contributed by atoms with Crippen molar-refractivity contribution in [1.29, 1.82) is 0 Å². The van der Waals surface area contributed by atoms with Gasteiger partial charge in [0.05, 0.1) is 26.4 Å². The maximum atomic E-state index is 12.9. The molecule has 0 radical (unpaired) electrons. The van der Waals surface area contributed by atoms with Gasteiger partial charge < -0.3 is 34.2 Å². The first kappa shape index (κ1) is 97.2. The van der Waals surface area contributed by atoms with Gasteiger partial charge in [-0.05, 0) is 103 Å². The van der Waals surface area contributed by atoms with Crippen molar-refractivity contribution in [2.24, 2.45) is 0 Å². The standard InChI is InChI=1S/C83H146O16P2/c1-4-7-10-13-16-19-22-25-28-30-31-32-33-34-35-36-37-38-39-40-41-42-43-44-45-47-50-51-54-57-60-63-66-69-81(86)93-72-78(84)73-95-100(89,90)96-74-79(85)75-97-101(91,92)98-77-80(99-83(88)71-68-65-62-59-56-53-48-27-24-21-18-15-12-9-6-3)76-94-82(87)70-67-64-61-58-55-52-49-46-29-26-23-20-17-14-11-8-5-2/h8,11,16-17,19-20,25-26,28-29,31-32,34-35,49,52,58,61,78-80,84-85H,4-7,9-10,12-15,18,21-24,27,30,33,36-48,50-51,53-57,59-60,62-77H2,1-3H3,(H,89,90)(H,91,92)/b11-8-,19-16-,20-17-,28-25-,29-26-,32-31-,35-34-,52-49-,61-58-. The largest absolute Gasteiger partial charge is 0.472 e. The fourth-order valence-corrected chi connectivity index (χ4v) is 12.5. The number of aliphatic hydroxyl groups is 2. The van der Waals surface area contributed by atoms with E-state index in [2.05, 4.69) is 118 Å². The van der Waals surface area contributed by atoms with E-state index in [4.69, 9.17) is 32.3 Å². The minimum Gasteiger partial charge on any atom is -0.463 e. The first-order chi connectivity index (χ1) is 49.2. The summed E-state index contributed by atoms with van der Waals surface area (Å²) in [4.78, 5) is 58.6. The number of phosphoric ester groups is 2. The summed E-state index contributed by atoms with van der Waals surface area (Å²) < 4.78 is 61.1. The van der Waals surface area contributed by atoms with Crippen LogP contribution in [0.4, 0.5) is 0 Å². The van der Waals surface area contributed by atoms with Crippen LogP contribution in [0.1, 0.15) is 342 Å². The van der Waals surface area contributed by atoms with Crippen LogP contribution in [0.15, 0.2) is 109 Å². The zero-order chi connectivity index (χ0) is 73.7. The van der Waals surface area contributed by atoms with E-state index in [0.29, 0.717) is 25.7 Å². The van der Waals surface area contributed by atoms with Crippen LogP contribution in [0.3, 0.4) is 0 Å². The monoisotopic (exact) mass is 1460 g/mol. The molecule has 5 unspecified atom stereocenters. The average molecular weight is 1460 g/mol. The normalized spacial score (nSPS) is 14.6. The van der Waals surface area contributed by atoms with Gasteiger partial charge >= 0.3 is 33.6 Å². The Labute approximate surface area is 615 Å². The lowest BCUT2D eigenvalue weighted by Crippen LogP contribution is -2.30. The van der Waals surface area contributed by atoms with E-state index in [1.165, 1.54) is 180 Å². The fraction of sp³-hybridized carbons (Fsp3) is 0.747. The van der Waals surface area contributed by atoms with Crippen LogP contribution >= 0.6 is 15.6 Å². The molecule has 4 N–H and O–H groups in total. The summed E-state index contributed by atoms with van der Waals surface area (Å²) in [5.41, 5.74) is 0. The Morgan fingerprint density at radius 2 is 0.535 bits per heavy atom. The van der Waals surface area contributed by atoms with E-state index in [9.17, 15) is 43.5 Å². The van der Waals surface area contributed by atoms with Gasteiger partial charge in [-0.15, -0.1) is 0 Å². The lowest BCUT2D eigenvalue weighted by atomic mass is 10.0. The highest BCUT2D eigenvalue weighted by atomic mass is 31.2. The number of hydrogen-bond acceptors (Lipinski definition) is 14. The molecule has 0 aromatic heterocycles. The topological polar surface area (TPSA) is 231 Å². The summed E-state index contributed by atoms with van der Waals surface area (Å²) in [6, 6.07) is 0. The smallest absolute Gasteiger partial charge is 0.463 e. The summed E-state index contributed by atoms with van der Waals surface area (Å²) in [6.07, 6.45) is 88.8. The number of phosphoric acid groups is 2. The first-order valence-electron chi connectivity index (χ1n) is 40.2. The van der Waals surface area contributed by atoms with Gasteiger partial charge in [0.1, 0.15) is 25.4 Å². The highest BCUT2D eigenvalue weighted by Crippen LogP contribution is 2.45. The van der Waals surface area contributed by atoms with Gasteiger partial charge in [-0.1, -0.05) is 329 Å². The van der Waals surface area contributed by atoms with Crippen LogP contribution in [0.5, 0.6) is 0 Å². The van der Waals surface area contributed by atoms with Crippen molar-refractivity contribution in [2.45, 2.75) is 360 Å². The summed E-state index contributed by atoms with van der Waals surface area (Å²) in [6.45, 7) is 2.51. The third-order valence-electron chi connectivity index (χ3n) is 17.0. The molecule has 0 bridgehead atoms. The molecule has 101 heavy (non-hydrogen) atoms. The SMILES string of the molecule is CC/C=C\C/C=C\C/C=C\C/C=C\C/C=C\CCCC(=O)OCC(COP(=O)(O)OCC(O)COP(=O)(O)OCC(O)COC(=O)CCCCCCCCCCCCCCCCCCC/C=C\C/C=C\C/C=C\C/C=C\CCCCC)OC(=O)CCCCCCCCCCCCCCCCC. The predicted molar refractivity (Wildman–Crippen MR) is 417 cm³/mol. The molecule has 0 saturated heterocycles.